The van der Waals surface area contributed by atoms with Crippen molar-refractivity contribution >= 4 is 5.97 Å². The van der Waals surface area contributed by atoms with E-state index in [4.69, 9.17) is 9.84 Å². The van der Waals surface area contributed by atoms with Gasteiger partial charge in [-0.2, -0.15) is 5.10 Å². The molecule has 1 aromatic heterocycles. The van der Waals surface area contributed by atoms with Gasteiger partial charge in [-0.25, -0.2) is 4.79 Å². The van der Waals surface area contributed by atoms with Crippen LogP contribution in [0.3, 0.4) is 0 Å². The monoisotopic (exact) mass is 258 g/mol. The Morgan fingerprint density at radius 1 is 1.42 bits per heavy atom. The van der Waals surface area contributed by atoms with Crippen LogP contribution in [-0.2, 0) is 11.8 Å². The second-order valence-corrected chi connectivity index (χ2v) is 4.70. The van der Waals surface area contributed by atoms with Crippen LogP contribution in [0.2, 0.25) is 0 Å². The molecule has 0 aliphatic carbocycles. The number of hydrogen-bond acceptors (Lipinski definition) is 3. The van der Waals surface area contributed by atoms with E-state index in [1.54, 1.807) is 17.8 Å². The molecule has 1 aromatic carbocycles. The molecule has 0 spiro atoms. The first-order chi connectivity index (χ1) is 9.15. The quantitative estimate of drug-likeness (QED) is 0.913. The molecule has 2 aromatic rings. The lowest BCUT2D eigenvalue weighted by Gasteiger charge is -2.26. The van der Waals surface area contributed by atoms with Crippen molar-refractivity contribution in [1.29, 1.82) is 0 Å². The lowest BCUT2D eigenvalue weighted by Crippen LogP contribution is -2.24. The topological polar surface area (TPSA) is 64.4 Å². The normalized spacial score (nSPS) is 15.2. The minimum Gasteiger partial charge on any atom is -0.476 e. The lowest BCUT2D eigenvalue weighted by atomic mass is 9.95. The summed E-state index contributed by atoms with van der Waals surface area (Å²) in [6, 6.07) is 9.70. The number of carbonyl (C=O) groups is 1. The first-order valence-electron chi connectivity index (χ1n) is 6.10. The zero-order chi connectivity index (χ0) is 13.4. The highest BCUT2D eigenvalue weighted by atomic mass is 16.5. The van der Waals surface area contributed by atoms with Gasteiger partial charge in [0.2, 0.25) is 0 Å². The fraction of sp³-hybridized carbons (Fsp3) is 0.286. The fourth-order valence-electron chi connectivity index (χ4n) is 2.22. The van der Waals surface area contributed by atoms with E-state index in [1.807, 2.05) is 12.1 Å². The summed E-state index contributed by atoms with van der Waals surface area (Å²) in [5.74, 6) is -0.558. The van der Waals surface area contributed by atoms with E-state index < -0.39 is 5.97 Å². The van der Waals surface area contributed by atoms with Crippen LogP contribution in [0, 0.1) is 0 Å². The molecule has 0 amide bonds. The number of aromatic carboxylic acids is 1. The van der Waals surface area contributed by atoms with Gasteiger partial charge >= 0.3 is 5.97 Å². The number of rotatable bonds is 3. The standard InChI is InChI=1S/C14H14N2O3/c1-16-13(6-12(15-16)14(17)18)10-4-2-3-9(5-10)11-7-19-8-11/h2-6,11H,7-8H2,1H3,(H,17,18). The van der Waals surface area contributed by atoms with Gasteiger partial charge in [0.1, 0.15) is 0 Å². The molecular formula is C14H14N2O3. The number of carboxylic acids is 1. The molecule has 5 nitrogen and oxygen atoms in total. The van der Waals surface area contributed by atoms with E-state index in [0.29, 0.717) is 5.92 Å². The molecule has 5 heteroatoms. The Morgan fingerprint density at radius 2 is 2.21 bits per heavy atom. The summed E-state index contributed by atoms with van der Waals surface area (Å²) in [6.07, 6.45) is 0. The van der Waals surface area contributed by atoms with Gasteiger partial charge in [0.15, 0.2) is 5.69 Å². The summed E-state index contributed by atoms with van der Waals surface area (Å²) in [4.78, 5) is 10.9. The van der Waals surface area contributed by atoms with Gasteiger partial charge < -0.3 is 9.84 Å². The van der Waals surface area contributed by atoms with Crippen molar-refractivity contribution in [3.63, 3.8) is 0 Å². The number of aromatic nitrogens is 2. The van der Waals surface area contributed by atoms with E-state index in [1.165, 1.54) is 5.56 Å². The first kappa shape index (κ1) is 11.9. The number of aryl methyl sites for hydroxylation is 1. The molecule has 19 heavy (non-hydrogen) atoms. The average molecular weight is 258 g/mol. The first-order valence-corrected chi connectivity index (χ1v) is 6.10. The maximum Gasteiger partial charge on any atom is 0.356 e. The van der Waals surface area contributed by atoms with E-state index in [0.717, 1.165) is 24.5 Å². The Hall–Kier alpha value is -2.14. The van der Waals surface area contributed by atoms with Gasteiger partial charge in [-0.3, -0.25) is 4.68 Å². The SMILES string of the molecule is Cn1nc(C(=O)O)cc1-c1cccc(C2COC2)c1. The Morgan fingerprint density at radius 3 is 2.79 bits per heavy atom. The van der Waals surface area contributed by atoms with Crippen LogP contribution in [0.1, 0.15) is 22.0 Å². The molecule has 0 radical (unpaired) electrons. The molecule has 1 N–H and O–H groups in total. The molecule has 0 saturated carbocycles. The second-order valence-electron chi connectivity index (χ2n) is 4.70. The van der Waals surface area contributed by atoms with Crippen molar-refractivity contribution in [3.8, 4) is 11.3 Å². The van der Waals surface area contributed by atoms with Crippen LogP contribution in [0.4, 0.5) is 0 Å². The van der Waals surface area contributed by atoms with Gasteiger partial charge in [0.05, 0.1) is 18.9 Å². The summed E-state index contributed by atoms with van der Waals surface area (Å²) in [5, 5.41) is 13.0. The third kappa shape index (κ3) is 2.13. The smallest absolute Gasteiger partial charge is 0.356 e. The van der Waals surface area contributed by atoms with Crippen molar-refractivity contribution < 1.29 is 14.6 Å². The van der Waals surface area contributed by atoms with E-state index in [2.05, 4.69) is 17.2 Å². The van der Waals surface area contributed by atoms with Crippen LogP contribution >= 0.6 is 0 Å². The Labute approximate surface area is 110 Å². The fourth-order valence-corrected chi connectivity index (χ4v) is 2.22. The molecule has 1 aliphatic rings. The highest BCUT2D eigenvalue weighted by Gasteiger charge is 2.21. The molecule has 1 aliphatic heterocycles. The molecule has 0 atom stereocenters. The molecule has 3 rings (SSSR count). The predicted molar refractivity (Wildman–Crippen MR) is 69.2 cm³/mol. The van der Waals surface area contributed by atoms with Crippen molar-refractivity contribution in [2.45, 2.75) is 5.92 Å². The van der Waals surface area contributed by atoms with Crippen LogP contribution < -0.4 is 0 Å². The zero-order valence-corrected chi connectivity index (χ0v) is 10.5. The van der Waals surface area contributed by atoms with Crippen molar-refractivity contribution in [3.05, 3.63) is 41.6 Å². The highest BCUT2D eigenvalue weighted by molar-refractivity contribution is 5.87. The summed E-state index contributed by atoms with van der Waals surface area (Å²) in [5.41, 5.74) is 3.07. The van der Waals surface area contributed by atoms with E-state index >= 15 is 0 Å². The minimum absolute atomic E-state index is 0.0647. The number of carboxylic acid groups (broad SMARTS) is 1. The molecule has 1 saturated heterocycles. The maximum atomic E-state index is 10.9. The molecule has 0 unspecified atom stereocenters. The molecular weight excluding hydrogens is 244 g/mol. The third-order valence-electron chi connectivity index (χ3n) is 3.39. The Kier molecular flexibility index (Phi) is 2.83. The Bertz CT molecular complexity index is 629. The van der Waals surface area contributed by atoms with Crippen LogP contribution in [0.25, 0.3) is 11.3 Å². The minimum atomic E-state index is -1.01. The summed E-state index contributed by atoms with van der Waals surface area (Å²) < 4.78 is 6.80. The van der Waals surface area contributed by atoms with Gasteiger partial charge in [-0.05, 0) is 17.7 Å². The van der Waals surface area contributed by atoms with Gasteiger partial charge in [-0.15, -0.1) is 0 Å². The number of hydrogen-bond donors (Lipinski definition) is 1. The zero-order valence-electron chi connectivity index (χ0n) is 10.5. The predicted octanol–water partition coefficient (Wildman–Crippen LogP) is 1.90. The molecule has 1 fully saturated rings. The van der Waals surface area contributed by atoms with Crippen molar-refractivity contribution in [1.82, 2.24) is 9.78 Å². The van der Waals surface area contributed by atoms with Crippen LogP contribution in [-0.4, -0.2) is 34.1 Å². The lowest BCUT2D eigenvalue weighted by molar-refractivity contribution is 0.00844. The largest absolute Gasteiger partial charge is 0.476 e. The van der Waals surface area contributed by atoms with E-state index in [9.17, 15) is 4.79 Å². The molecule has 98 valence electrons. The highest BCUT2D eigenvalue weighted by Crippen LogP contribution is 2.28. The van der Waals surface area contributed by atoms with E-state index in [-0.39, 0.29) is 5.69 Å². The number of ether oxygens (including phenoxy) is 1. The number of nitrogens with zero attached hydrogens (tertiary/aromatic N) is 2. The maximum absolute atomic E-state index is 10.9. The van der Waals surface area contributed by atoms with Crippen molar-refractivity contribution in [2.75, 3.05) is 13.2 Å². The Balaban J connectivity index is 1.99. The van der Waals surface area contributed by atoms with Gasteiger partial charge in [-0.1, -0.05) is 18.2 Å². The molecule has 2 heterocycles. The summed E-state index contributed by atoms with van der Waals surface area (Å²) >= 11 is 0. The average Bonchev–Trinajstić information content (AvgIpc) is 2.70. The van der Waals surface area contributed by atoms with Gasteiger partial charge in [0, 0.05) is 18.5 Å². The second kappa shape index (κ2) is 4.51. The van der Waals surface area contributed by atoms with Gasteiger partial charge in [0.25, 0.3) is 0 Å². The van der Waals surface area contributed by atoms with Crippen LogP contribution in [0.15, 0.2) is 30.3 Å². The third-order valence-corrected chi connectivity index (χ3v) is 3.39. The summed E-state index contributed by atoms with van der Waals surface area (Å²) in [7, 11) is 1.75. The van der Waals surface area contributed by atoms with Crippen LogP contribution in [0.5, 0.6) is 0 Å². The molecule has 0 bridgehead atoms. The van der Waals surface area contributed by atoms with Crippen molar-refractivity contribution in [2.24, 2.45) is 7.05 Å². The number of benzene rings is 1. The summed E-state index contributed by atoms with van der Waals surface area (Å²) in [6.45, 7) is 1.52.